The van der Waals surface area contributed by atoms with Gasteiger partial charge in [0.2, 0.25) is 0 Å². The minimum Gasteiger partial charge on any atom is -0.368 e. The molecule has 0 spiro atoms. The number of fused-ring (bicyclic) bond motifs is 1. The SMILES string of the molecule is O=C1c2ccccc2C(=O)N1Oc1ccc(C(F)(F)F)cc1. The third-order valence-electron chi connectivity index (χ3n) is 3.14. The average molecular weight is 307 g/mol. The van der Waals surface area contributed by atoms with E-state index in [1.807, 2.05) is 0 Å². The lowest BCUT2D eigenvalue weighted by Gasteiger charge is -2.15. The second-order valence-electron chi connectivity index (χ2n) is 4.56. The minimum absolute atomic E-state index is 0.0393. The van der Waals surface area contributed by atoms with Gasteiger partial charge in [0, 0.05) is 0 Å². The number of imide groups is 1. The minimum atomic E-state index is -4.46. The lowest BCUT2D eigenvalue weighted by molar-refractivity contribution is -0.137. The largest absolute Gasteiger partial charge is 0.416 e. The van der Waals surface area contributed by atoms with Crippen LogP contribution in [-0.4, -0.2) is 16.9 Å². The van der Waals surface area contributed by atoms with Gasteiger partial charge >= 0.3 is 6.18 Å². The fraction of sp³-hybridized carbons (Fsp3) is 0.0667. The zero-order chi connectivity index (χ0) is 15.9. The summed E-state index contributed by atoms with van der Waals surface area (Å²) >= 11 is 0. The molecule has 0 aliphatic carbocycles. The first-order valence-corrected chi connectivity index (χ1v) is 6.21. The molecule has 0 saturated heterocycles. The van der Waals surface area contributed by atoms with Crippen LogP contribution in [0.5, 0.6) is 5.75 Å². The molecule has 0 saturated carbocycles. The first-order valence-electron chi connectivity index (χ1n) is 6.21. The van der Waals surface area contributed by atoms with Gasteiger partial charge in [-0.2, -0.15) is 13.2 Å². The number of halogens is 3. The summed E-state index contributed by atoms with van der Waals surface area (Å²) in [6, 6.07) is 9.88. The molecule has 2 aromatic carbocycles. The van der Waals surface area contributed by atoms with Gasteiger partial charge in [-0.1, -0.05) is 17.2 Å². The van der Waals surface area contributed by atoms with Gasteiger partial charge in [-0.25, -0.2) is 0 Å². The third kappa shape index (κ3) is 2.30. The van der Waals surface area contributed by atoms with Crippen molar-refractivity contribution < 1.29 is 27.6 Å². The molecule has 0 unspecified atom stereocenters. The molecule has 7 heteroatoms. The van der Waals surface area contributed by atoms with Gasteiger partial charge in [-0.15, -0.1) is 0 Å². The van der Waals surface area contributed by atoms with E-state index < -0.39 is 23.6 Å². The fourth-order valence-electron chi connectivity index (χ4n) is 2.06. The Bertz CT molecular complexity index is 718. The Kier molecular flexibility index (Phi) is 3.13. The van der Waals surface area contributed by atoms with Gasteiger partial charge in [0.1, 0.15) is 0 Å². The maximum absolute atomic E-state index is 12.5. The molecule has 112 valence electrons. The normalized spacial score (nSPS) is 14.2. The number of rotatable bonds is 2. The Labute approximate surface area is 122 Å². The Morgan fingerprint density at radius 3 is 1.77 bits per heavy atom. The van der Waals surface area contributed by atoms with E-state index in [0.29, 0.717) is 5.06 Å². The molecule has 0 N–H and O–H groups in total. The number of amides is 2. The number of benzene rings is 2. The molecule has 0 aromatic heterocycles. The quantitative estimate of drug-likeness (QED) is 0.800. The van der Waals surface area contributed by atoms with E-state index in [-0.39, 0.29) is 16.9 Å². The highest BCUT2D eigenvalue weighted by Crippen LogP contribution is 2.31. The van der Waals surface area contributed by atoms with Crippen LogP contribution in [0.4, 0.5) is 13.2 Å². The van der Waals surface area contributed by atoms with Crippen LogP contribution in [0.2, 0.25) is 0 Å². The topological polar surface area (TPSA) is 46.6 Å². The second kappa shape index (κ2) is 4.87. The summed E-state index contributed by atoms with van der Waals surface area (Å²) in [6.45, 7) is 0. The molecule has 22 heavy (non-hydrogen) atoms. The highest BCUT2D eigenvalue weighted by molar-refractivity contribution is 6.20. The Hall–Kier alpha value is -2.83. The average Bonchev–Trinajstić information content (AvgIpc) is 2.73. The number of carbonyl (C=O) groups excluding carboxylic acids is 2. The van der Waals surface area contributed by atoms with Crippen LogP contribution in [0.3, 0.4) is 0 Å². The summed E-state index contributed by atoms with van der Waals surface area (Å²) in [7, 11) is 0. The molecule has 1 heterocycles. The van der Waals surface area contributed by atoms with Crippen molar-refractivity contribution in [1.82, 2.24) is 5.06 Å². The van der Waals surface area contributed by atoms with Gasteiger partial charge in [-0.05, 0) is 36.4 Å². The van der Waals surface area contributed by atoms with E-state index >= 15 is 0 Å². The number of hydrogen-bond acceptors (Lipinski definition) is 3. The lowest BCUT2D eigenvalue weighted by atomic mass is 10.1. The zero-order valence-electron chi connectivity index (χ0n) is 10.9. The summed E-state index contributed by atoms with van der Waals surface area (Å²) < 4.78 is 37.4. The van der Waals surface area contributed by atoms with E-state index in [0.717, 1.165) is 24.3 Å². The van der Waals surface area contributed by atoms with Crippen molar-refractivity contribution in [1.29, 1.82) is 0 Å². The Balaban J connectivity index is 1.83. The molecule has 2 amide bonds. The molecule has 1 aliphatic heterocycles. The summed E-state index contributed by atoms with van der Waals surface area (Å²) in [5.74, 6) is -1.34. The second-order valence-corrected chi connectivity index (χ2v) is 4.56. The summed E-state index contributed by atoms with van der Waals surface area (Å²) in [5, 5.41) is 0.535. The van der Waals surface area contributed by atoms with Crippen LogP contribution in [0, 0.1) is 0 Å². The standard InChI is InChI=1S/C15H8F3NO3/c16-15(17,18)9-5-7-10(8-6-9)22-19-13(20)11-3-1-2-4-12(11)14(19)21/h1-8H. The molecular weight excluding hydrogens is 299 g/mol. The molecule has 3 rings (SSSR count). The van der Waals surface area contributed by atoms with Crippen molar-refractivity contribution in [2.24, 2.45) is 0 Å². The molecule has 2 aromatic rings. The third-order valence-corrected chi connectivity index (χ3v) is 3.14. The maximum atomic E-state index is 12.5. The van der Waals surface area contributed by atoms with Crippen molar-refractivity contribution >= 4 is 11.8 Å². The van der Waals surface area contributed by atoms with Gasteiger partial charge in [0.25, 0.3) is 11.8 Å². The molecular formula is C15H8F3NO3. The van der Waals surface area contributed by atoms with Crippen LogP contribution in [0.25, 0.3) is 0 Å². The van der Waals surface area contributed by atoms with E-state index in [9.17, 15) is 22.8 Å². The van der Waals surface area contributed by atoms with Crippen LogP contribution in [-0.2, 0) is 6.18 Å². The Morgan fingerprint density at radius 1 is 0.818 bits per heavy atom. The van der Waals surface area contributed by atoms with E-state index in [2.05, 4.69) is 0 Å². The van der Waals surface area contributed by atoms with Crippen molar-refractivity contribution in [3.63, 3.8) is 0 Å². The molecule has 0 atom stereocenters. The molecule has 1 aliphatic rings. The zero-order valence-corrected chi connectivity index (χ0v) is 10.9. The van der Waals surface area contributed by atoms with Gasteiger partial charge in [-0.3, -0.25) is 9.59 Å². The van der Waals surface area contributed by atoms with Crippen molar-refractivity contribution in [2.45, 2.75) is 6.18 Å². The smallest absolute Gasteiger partial charge is 0.368 e. The summed E-state index contributed by atoms with van der Waals surface area (Å²) in [4.78, 5) is 29.2. The number of hydroxylamine groups is 2. The number of nitrogens with zero attached hydrogens (tertiary/aromatic N) is 1. The summed E-state index contributed by atoms with van der Waals surface area (Å²) in [5.41, 5.74) is -0.457. The van der Waals surface area contributed by atoms with E-state index in [1.165, 1.54) is 12.1 Å². The lowest BCUT2D eigenvalue weighted by Crippen LogP contribution is -2.33. The molecule has 0 radical (unpaired) electrons. The van der Waals surface area contributed by atoms with Crippen LogP contribution >= 0.6 is 0 Å². The maximum Gasteiger partial charge on any atom is 0.416 e. The van der Waals surface area contributed by atoms with Crippen LogP contribution in [0.1, 0.15) is 26.3 Å². The first kappa shape index (κ1) is 14.1. The van der Waals surface area contributed by atoms with Crippen LogP contribution in [0.15, 0.2) is 48.5 Å². The van der Waals surface area contributed by atoms with Crippen molar-refractivity contribution in [2.75, 3.05) is 0 Å². The van der Waals surface area contributed by atoms with Crippen LogP contribution < -0.4 is 4.84 Å². The number of hydrogen-bond donors (Lipinski definition) is 0. The van der Waals surface area contributed by atoms with Gasteiger partial charge < -0.3 is 4.84 Å². The van der Waals surface area contributed by atoms with Crippen molar-refractivity contribution in [3.8, 4) is 5.75 Å². The predicted octanol–water partition coefficient (Wildman–Crippen LogP) is 3.30. The monoisotopic (exact) mass is 307 g/mol. The van der Waals surface area contributed by atoms with Crippen molar-refractivity contribution in [3.05, 3.63) is 65.2 Å². The number of alkyl halides is 3. The molecule has 4 nitrogen and oxygen atoms in total. The van der Waals surface area contributed by atoms with E-state index in [1.54, 1.807) is 12.1 Å². The number of carbonyl (C=O) groups is 2. The summed E-state index contributed by atoms with van der Waals surface area (Å²) in [6.07, 6.45) is -4.46. The fourth-order valence-corrected chi connectivity index (χ4v) is 2.06. The highest BCUT2D eigenvalue weighted by atomic mass is 19.4. The predicted molar refractivity (Wildman–Crippen MR) is 69.0 cm³/mol. The first-order chi connectivity index (χ1) is 10.4. The van der Waals surface area contributed by atoms with Gasteiger partial charge in [0.05, 0.1) is 16.7 Å². The van der Waals surface area contributed by atoms with Gasteiger partial charge in [0.15, 0.2) is 5.75 Å². The molecule has 0 bridgehead atoms. The highest BCUT2D eigenvalue weighted by Gasteiger charge is 2.37. The molecule has 0 fully saturated rings. The Morgan fingerprint density at radius 2 is 1.32 bits per heavy atom. The van der Waals surface area contributed by atoms with E-state index in [4.69, 9.17) is 4.84 Å².